The molecule has 4 aromatic rings. The van der Waals surface area contributed by atoms with Crippen LogP contribution in [0.2, 0.25) is 0 Å². The first-order valence-corrected chi connectivity index (χ1v) is 13.6. The zero-order valence-corrected chi connectivity index (χ0v) is 24.1. The van der Waals surface area contributed by atoms with E-state index in [4.69, 9.17) is 15.2 Å². The van der Waals surface area contributed by atoms with Crippen molar-refractivity contribution in [2.45, 2.75) is 45.1 Å². The van der Waals surface area contributed by atoms with Gasteiger partial charge in [0.05, 0.1) is 23.5 Å². The Morgan fingerprint density at radius 1 is 1.31 bits per heavy atom. The predicted molar refractivity (Wildman–Crippen MR) is 154 cm³/mol. The number of amides is 2. The van der Waals surface area contributed by atoms with Crippen LogP contribution in [-0.2, 0) is 22.3 Å². The molecule has 5 N–H and O–H groups in total. The van der Waals surface area contributed by atoms with Crippen LogP contribution in [0.1, 0.15) is 35.0 Å². The van der Waals surface area contributed by atoms with Crippen LogP contribution in [0.3, 0.4) is 0 Å². The van der Waals surface area contributed by atoms with Gasteiger partial charge in [-0.3, -0.25) is 23.5 Å². The van der Waals surface area contributed by atoms with Crippen molar-refractivity contribution >= 4 is 35.4 Å². The first-order valence-electron chi connectivity index (χ1n) is 13.6. The van der Waals surface area contributed by atoms with Crippen LogP contribution in [0, 0.1) is 18.3 Å². The Hall–Kier alpha value is -5.50. The van der Waals surface area contributed by atoms with Crippen LogP contribution in [0.5, 0.6) is 0 Å². The van der Waals surface area contributed by atoms with Crippen molar-refractivity contribution in [2.75, 3.05) is 18.4 Å². The number of halogens is 3. The third-order valence-corrected chi connectivity index (χ3v) is 6.85. The number of imidazole rings is 1. The topological polar surface area (TPSA) is 191 Å². The van der Waals surface area contributed by atoms with Gasteiger partial charge in [0.15, 0.2) is 17.2 Å². The van der Waals surface area contributed by atoms with Crippen molar-refractivity contribution in [1.82, 2.24) is 40.1 Å². The quantitative estimate of drug-likeness (QED) is 0.182. The summed E-state index contributed by atoms with van der Waals surface area (Å²) in [7, 11) is 0. The zero-order valence-electron chi connectivity index (χ0n) is 24.1. The van der Waals surface area contributed by atoms with Crippen molar-refractivity contribution in [2.24, 2.45) is 0 Å². The number of nitrogens with zero attached hydrogens (tertiary/aromatic N) is 6. The molecule has 1 saturated heterocycles. The molecular formula is C28H29F3N10O4. The molecule has 0 bridgehead atoms. The molecule has 2 atom stereocenters. The van der Waals surface area contributed by atoms with E-state index in [-0.39, 0.29) is 47.7 Å². The lowest BCUT2D eigenvalue weighted by molar-refractivity contribution is -0.141. The molecular weight excluding hydrogens is 597 g/mol. The molecule has 45 heavy (non-hydrogen) atoms. The van der Waals surface area contributed by atoms with E-state index in [0.29, 0.717) is 23.4 Å². The molecule has 1 aliphatic rings. The Morgan fingerprint density at radius 3 is 2.71 bits per heavy atom. The van der Waals surface area contributed by atoms with Gasteiger partial charge in [-0.25, -0.2) is 9.97 Å². The second-order valence-electron chi connectivity index (χ2n) is 10.0. The number of aromatic nitrogens is 5. The van der Waals surface area contributed by atoms with E-state index in [1.54, 1.807) is 38.1 Å². The van der Waals surface area contributed by atoms with E-state index in [2.05, 4.69) is 36.3 Å². The van der Waals surface area contributed by atoms with E-state index in [0.717, 1.165) is 23.8 Å². The third kappa shape index (κ3) is 7.54. The number of benzene rings is 1. The van der Waals surface area contributed by atoms with Gasteiger partial charge in [-0.15, -0.1) is 0 Å². The fourth-order valence-corrected chi connectivity index (χ4v) is 4.76. The van der Waals surface area contributed by atoms with E-state index in [9.17, 15) is 22.8 Å². The minimum absolute atomic E-state index is 0.0427. The Labute approximate surface area is 254 Å². The van der Waals surface area contributed by atoms with Crippen molar-refractivity contribution in [3.63, 3.8) is 0 Å². The lowest BCUT2D eigenvalue weighted by Crippen LogP contribution is -2.48. The number of carbonyl (C=O) groups is 3. The summed E-state index contributed by atoms with van der Waals surface area (Å²) in [4.78, 5) is 42.3. The molecule has 236 valence electrons. The summed E-state index contributed by atoms with van der Waals surface area (Å²) in [6.07, 6.45) is 1.43. The molecule has 4 heterocycles. The van der Waals surface area contributed by atoms with Gasteiger partial charge in [0.2, 0.25) is 5.91 Å². The summed E-state index contributed by atoms with van der Waals surface area (Å²) in [5, 5.41) is 31.3. The van der Waals surface area contributed by atoms with Crippen LogP contribution in [0.25, 0.3) is 16.9 Å². The van der Waals surface area contributed by atoms with Gasteiger partial charge in [0.1, 0.15) is 12.6 Å². The predicted octanol–water partition coefficient (Wildman–Crippen LogP) is 2.48. The third-order valence-electron chi connectivity index (χ3n) is 6.85. The van der Waals surface area contributed by atoms with Gasteiger partial charge in [-0.2, -0.15) is 23.5 Å². The normalized spacial score (nSPS) is 15.0. The number of rotatable bonds is 8. The highest BCUT2D eigenvalue weighted by molar-refractivity contribution is 5.99. The fourth-order valence-electron chi connectivity index (χ4n) is 4.76. The maximum atomic E-state index is 13.7. The van der Waals surface area contributed by atoms with Crippen molar-refractivity contribution in [3.05, 3.63) is 59.8 Å². The first-order chi connectivity index (χ1) is 21.5. The van der Waals surface area contributed by atoms with Crippen LogP contribution in [-0.4, -0.2) is 72.7 Å². The molecule has 2 amide bonds. The van der Waals surface area contributed by atoms with Crippen LogP contribution >= 0.6 is 0 Å². The summed E-state index contributed by atoms with van der Waals surface area (Å²) in [6, 6.07) is 6.07. The molecule has 1 unspecified atom stereocenters. The molecule has 5 rings (SSSR count). The van der Waals surface area contributed by atoms with Crippen molar-refractivity contribution in [3.8, 4) is 17.3 Å². The van der Waals surface area contributed by atoms with Gasteiger partial charge in [0.25, 0.3) is 12.4 Å². The summed E-state index contributed by atoms with van der Waals surface area (Å²) < 4.78 is 43.5. The Balaban J connectivity index is 0.00000148. The molecule has 3 aromatic heterocycles. The SMILES string of the molecule is Cc1cc(Nc2nccn3c(-c4cn(CC#N)nc4C(F)(F)F)cnc23)ccc1C(=O)NC(C)C(=O)N[C@H]1CCNC1.O=CO. The monoisotopic (exact) mass is 626 g/mol. The fraction of sp³-hybridized carbons (Fsp3) is 0.321. The van der Waals surface area contributed by atoms with Gasteiger partial charge in [-0.05, 0) is 50.6 Å². The number of alkyl halides is 3. The number of hydrogen-bond donors (Lipinski definition) is 5. The highest BCUT2D eigenvalue weighted by Gasteiger charge is 2.38. The van der Waals surface area contributed by atoms with E-state index in [1.807, 2.05) is 0 Å². The maximum Gasteiger partial charge on any atom is 0.435 e. The molecule has 0 radical (unpaired) electrons. The lowest BCUT2D eigenvalue weighted by Gasteiger charge is -2.18. The van der Waals surface area contributed by atoms with E-state index < -0.39 is 23.8 Å². The Bertz CT molecular complexity index is 1740. The molecule has 14 nitrogen and oxygen atoms in total. The van der Waals surface area contributed by atoms with Crippen molar-refractivity contribution < 1.29 is 32.7 Å². The lowest BCUT2D eigenvalue weighted by atomic mass is 10.1. The van der Waals surface area contributed by atoms with Crippen LogP contribution < -0.4 is 21.3 Å². The Morgan fingerprint density at radius 2 is 2.07 bits per heavy atom. The highest BCUT2D eigenvalue weighted by atomic mass is 19.4. The van der Waals surface area contributed by atoms with Crippen LogP contribution in [0.15, 0.2) is 43.0 Å². The molecule has 1 aliphatic heterocycles. The summed E-state index contributed by atoms with van der Waals surface area (Å²) in [5.74, 6) is -0.391. The van der Waals surface area contributed by atoms with Gasteiger partial charge in [0, 0.05) is 42.4 Å². The minimum Gasteiger partial charge on any atom is -0.483 e. The number of anilines is 2. The number of carboxylic acid groups (broad SMARTS) is 1. The average molecular weight is 627 g/mol. The number of carbonyl (C=O) groups excluding carboxylic acids is 2. The second-order valence-corrected chi connectivity index (χ2v) is 10.0. The van der Waals surface area contributed by atoms with Crippen molar-refractivity contribution in [1.29, 1.82) is 5.26 Å². The number of nitrogens with one attached hydrogen (secondary N) is 4. The largest absolute Gasteiger partial charge is 0.483 e. The second kappa shape index (κ2) is 13.9. The summed E-state index contributed by atoms with van der Waals surface area (Å²) >= 11 is 0. The summed E-state index contributed by atoms with van der Waals surface area (Å²) in [5.41, 5.74) is 0.593. The zero-order chi connectivity index (χ0) is 32.7. The number of aryl methyl sites for hydroxylation is 1. The van der Waals surface area contributed by atoms with E-state index in [1.165, 1.54) is 23.0 Å². The number of hydrogen-bond acceptors (Lipinski definition) is 9. The van der Waals surface area contributed by atoms with Gasteiger partial charge < -0.3 is 26.4 Å². The average Bonchev–Trinajstić information content (AvgIpc) is 3.74. The highest BCUT2D eigenvalue weighted by Crippen LogP contribution is 2.37. The number of nitriles is 1. The molecule has 0 aliphatic carbocycles. The molecule has 0 spiro atoms. The standard InChI is InChI=1S/C27H27F3N10O2.CH2O2/c1-15-11-17(3-4-19(15)26(42)35-16(2)25(41)37-18-5-7-32-12-18)36-23-24-34-13-21(40(24)10-8-33-23)20-14-39(9-6-31)38-22(20)27(28,29)30;2-1-3/h3-4,8,10-11,13-14,16,18,32H,5,7,9,12H2,1-2H3,(H,33,36)(H,35,42)(H,37,41);1H,(H,2,3)/t16?,18-;/m0./s1. The Kier molecular flexibility index (Phi) is 9.98. The minimum atomic E-state index is -4.74. The first kappa shape index (κ1) is 32.4. The summed E-state index contributed by atoms with van der Waals surface area (Å²) in [6.45, 7) is 4.31. The molecule has 17 heteroatoms. The maximum absolute atomic E-state index is 13.7. The molecule has 1 aromatic carbocycles. The van der Waals surface area contributed by atoms with E-state index >= 15 is 0 Å². The number of fused-ring (bicyclic) bond motifs is 1. The smallest absolute Gasteiger partial charge is 0.435 e. The molecule has 0 saturated carbocycles. The van der Waals surface area contributed by atoms with Gasteiger partial charge >= 0.3 is 6.18 Å². The van der Waals surface area contributed by atoms with Gasteiger partial charge in [-0.1, -0.05) is 0 Å². The molecule has 1 fully saturated rings. The van der Waals surface area contributed by atoms with Crippen LogP contribution in [0.4, 0.5) is 24.7 Å².